The Kier molecular flexibility index (Phi) is 5.71. The van der Waals surface area contributed by atoms with Gasteiger partial charge < -0.3 is 10.3 Å². The quantitative estimate of drug-likeness (QED) is 0.381. The van der Waals surface area contributed by atoms with Crippen molar-refractivity contribution in [3.05, 3.63) is 0 Å². The third-order valence-electron chi connectivity index (χ3n) is 2.07. The van der Waals surface area contributed by atoms with Gasteiger partial charge in [-0.25, -0.2) is 0 Å². The lowest BCUT2D eigenvalue weighted by Crippen LogP contribution is -2.18. The zero-order valence-electron chi connectivity index (χ0n) is 8.82. The van der Waals surface area contributed by atoms with Crippen LogP contribution in [0.2, 0.25) is 0 Å². The van der Waals surface area contributed by atoms with Crippen LogP contribution in [0.5, 0.6) is 0 Å². The van der Waals surface area contributed by atoms with Gasteiger partial charge in [0.1, 0.15) is 0 Å². The van der Waals surface area contributed by atoms with Gasteiger partial charge in [0.2, 0.25) is 0 Å². The lowest BCUT2D eigenvalue weighted by atomic mass is 9.95. The molecule has 0 aliphatic rings. The molecule has 0 aliphatic heterocycles. The van der Waals surface area contributed by atoms with Gasteiger partial charge in [0, 0.05) is 6.21 Å². The number of oxime groups is 1. The highest BCUT2D eigenvalue weighted by Crippen LogP contribution is 2.16. The second-order valence-electron chi connectivity index (χ2n) is 4.34. The van der Waals surface area contributed by atoms with Gasteiger partial charge in [0.15, 0.2) is 0 Å². The van der Waals surface area contributed by atoms with Gasteiger partial charge in [-0.05, 0) is 32.6 Å². The molecule has 0 saturated heterocycles. The molecule has 0 saturated carbocycles. The maximum Gasteiger partial charge on any atom is 0.0591 e. The number of rotatable bonds is 6. The summed E-state index contributed by atoms with van der Waals surface area (Å²) in [6, 6.07) is 0. The predicted octanol–water partition coefficient (Wildman–Crippen LogP) is 2.41. The number of hydrogen-bond donors (Lipinski definition) is 2. The van der Waals surface area contributed by atoms with Gasteiger partial charge in [-0.3, -0.25) is 0 Å². The lowest BCUT2D eigenvalue weighted by molar-refractivity contribution is 0.0671. The zero-order valence-corrected chi connectivity index (χ0v) is 8.82. The Balaban J connectivity index is 3.42. The molecule has 0 aliphatic carbocycles. The van der Waals surface area contributed by atoms with Crippen molar-refractivity contribution in [1.29, 1.82) is 0 Å². The molecular weight excluding hydrogens is 166 g/mol. The van der Waals surface area contributed by atoms with Crippen molar-refractivity contribution in [2.45, 2.75) is 52.1 Å². The van der Waals surface area contributed by atoms with Crippen LogP contribution in [-0.4, -0.2) is 22.1 Å². The third kappa shape index (κ3) is 9.34. The van der Waals surface area contributed by atoms with Gasteiger partial charge in [0.05, 0.1) is 5.60 Å². The van der Waals surface area contributed by atoms with Gasteiger partial charge in [0.25, 0.3) is 0 Å². The van der Waals surface area contributed by atoms with E-state index in [1.165, 1.54) is 6.21 Å². The van der Waals surface area contributed by atoms with E-state index in [0.29, 0.717) is 5.92 Å². The number of hydrogen-bond acceptors (Lipinski definition) is 3. The molecule has 3 heteroatoms. The molecule has 0 amide bonds. The van der Waals surface area contributed by atoms with E-state index in [1.54, 1.807) is 0 Å². The molecular formula is C10H21NO2. The molecule has 1 atom stereocenters. The first-order valence-electron chi connectivity index (χ1n) is 4.84. The fraction of sp³-hybridized carbons (Fsp3) is 0.900. The second-order valence-corrected chi connectivity index (χ2v) is 4.34. The summed E-state index contributed by atoms with van der Waals surface area (Å²) in [5, 5.41) is 20.6. The second kappa shape index (κ2) is 5.97. The molecule has 0 fully saturated rings. The van der Waals surface area contributed by atoms with Crippen LogP contribution in [-0.2, 0) is 0 Å². The Bertz CT molecular complexity index is 149. The Hall–Kier alpha value is -0.570. The fourth-order valence-corrected chi connectivity index (χ4v) is 1.23. The highest BCUT2D eigenvalue weighted by Gasteiger charge is 2.12. The molecule has 3 nitrogen and oxygen atoms in total. The minimum Gasteiger partial charge on any atom is -0.411 e. The van der Waals surface area contributed by atoms with E-state index in [4.69, 9.17) is 5.21 Å². The lowest BCUT2D eigenvalue weighted by Gasteiger charge is -2.17. The van der Waals surface area contributed by atoms with Crippen molar-refractivity contribution >= 4 is 6.21 Å². The van der Waals surface area contributed by atoms with Crippen molar-refractivity contribution in [2.24, 2.45) is 11.1 Å². The summed E-state index contributed by atoms with van der Waals surface area (Å²) in [4.78, 5) is 0. The average Bonchev–Trinajstić information content (AvgIpc) is 1.98. The van der Waals surface area contributed by atoms with Crippen LogP contribution in [0.3, 0.4) is 0 Å². The van der Waals surface area contributed by atoms with Crippen LogP contribution in [0.15, 0.2) is 5.16 Å². The number of nitrogens with zero attached hydrogens (tertiary/aromatic N) is 1. The van der Waals surface area contributed by atoms with Crippen LogP contribution in [0, 0.1) is 5.92 Å². The maximum atomic E-state index is 9.44. The zero-order chi connectivity index (χ0) is 10.3. The summed E-state index contributed by atoms with van der Waals surface area (Å²) in [6.45, 7) is 5.77. The summed E-state index contributed by atoms with van der Waals surface area (Å²) in [5.74, 6) is 0.526. The molecule has 0 spiro atoms. The van der Waals surface area contributed by atoms with Gasteiger partial charge in [-0.15, -0.1) is 5.16 Å². The predicted molar refractivity (Wildman–Crippen MR) is 54.2 cm³/mol. The molecule has 0 radical (unpaired) electrons. The van der Waals surface area contributed by atoms with E-state index >= 15 is 0 Å². The highest BCUT2D eigenvalue weighted by molar-refractivity contribution is 5.56. The Morgan fingerprint density at radius 1 is 1.46 bits per heavy atom. The molecule has 0 aromatic heterocycles. The van der Waals surface area contributed by atoms with Crippen LogP contribution >= 0.6 is 0 Å². The van der Waals surface area contributed by atoms with E-state index in [2.05, 4.69) is 12.1 Å². The summed E-state index contributed by atoms with van der Waals surface area (Å²) >= 11 is 0. The van der Waals surface area contributed by atoms with Crippen LogP contribution in [0.4, 0.5) is 0 Å². The third-order valence-corrected chi connectivity index (χ3v) is 2.07. The molecule has 2 N–H and O–H groups in total. The van der Waals surface area contributed by atoms with Crippen LogP contribution < -0.4 is 0 Å². The van der Waals surface area contributed by atoms with Crippen molar-refractivity contribution in [3.8, 4) is 0 Å². The molecule has 78 valence electrons. The highest BCUT2D eigenvalue weighted by atomic mass is 16.4. The van der Waals surface area contributed by atoms with Crippen LogP contribution in [0.1, 0.15) is 46.5 Å². The largest absolute Gasteiger partial charge is 0.411 e. The molecule has 0 aromatic rings. The molecule has 0 heterocycles. The van der Waals surface area contributed by atoms with Crippen LogP contribution in [0.25, 0.3) is 0 Å². The van der Waals surface area contributed by atoms with Gasteiger partial charge >= 0.3 is 0 Å². The van der Waals surface area contributed by atoms with Crippen molar-refractivity contribution in [3.63, 3.8) is 0 Å². The summed E-state index contributed by atoms with van der Waals surface area (Å²) in [6.07, 6.45) is 5.24. The molecule has 0 bridgehead atoms. The maximum absolute atomic E-state index is 9.44. The first-order valence-corrected chi connectivity index (χ1v) is 4.84. The van der Waals surface area contributed by atoms with E-state index in [0.717, 1.165) is 25.7 Å². The van der Waals surface area contributed by atoms with Gasteiger partial charge in [-0.2, -0.15) is 0 Å². The fourth-order valence-electron chi connectivity index (χ4n) is 1.23. The molecule has 13 heavy (non-hydrogen) atoms. The minimum atomic E-state index is -0.551. The Labute approximate surface area is 80.5 Å². The minimum absolute atomic E-state index is 0.526. The SMILES string of the molecule is CC(C/C=N/O)CCCC(C)(C)O. The molecule has 1 unspecified atom stereocenters. The first kappa shape index (κ1) is 12.4. The summed E-state index contributed by atoms with van der Waals surface area (Å²) in [5.41, 5.74) is -0.551. The average molecular weight is 187 g/mol. The summed E-state index contributed by atoms with van der Waals surface area (Å²) < 4.78 is 0. The van der Waals surface area contributed by atoms with E-state index in [1.807, 2.05) is 13.8 Å². The Morgan fingerprint density at radius 3 is 2.54 bits per heavy atom. The van der Waals surface area contributed by atoms with E-state index < -0.39 is 5.60 Å². The van der Waals surface area contributed by atoms with E-state index in [9.17, 15) is 5.11 Å². The van der Waals surface area contributed by atoms with E-state index in [-0.39, 0.29) is 0 Å². The van der Waals surface area contributed by atoms with Gasteiger partial charge in [-0.1, -0.05) is 19.8 Å². The topological polar surface area (TPSA) is 52.8 Å². The monoisotopic (exact) mass is 187 g/mol. The van der Waals surface area contributed by atoms with Crippen molar-refractivity contribution < 1.29 is 10.3 Å². The molecule has 0 aromatic carbocycles. The summed E-state index contributed by atoms with van der Waals surface area (Å²) in [7, 11) is 0. The van der Waals surface area contributed by atoms with Crippen molar-refractivity contribution in [1.82, 2.24) is 0 Å². The standard InChI is InChI=1S/C10H21NO2/c1-9(6-8-11-13)5-4-7-10(2,3)12/h8-9,12-13H,4-7H2,1-3H3/b11-8+. The first-order chi connectivity index (χ1) is 5.95. The smallest absolute Gasteiger partial charge is 0.0591 e. The number of aliphatic hydroxyl groups is 1. The Morgan fingerprint density at radius 2 is 2.08 bits per heavy atom. The normalized spacial score (nSPS) is 15.1. The molecule has 0 rings (SSSR count). The van der Waals surface area contributed by atoms with Crippen molar-refractivity contribution in [2.75, 3.05) is 0 Å².